The van der Waals surface area contributed by atoms with Gasteiger partial charge in [0.15, 0.2) is 5.65 Å². The number of fused-ring (bicyclic) bond motifs is 1. The summed E-state index contributed by atoms with van der Waals surface area (Å²) in [5.41, 5.74) is 4.24. The van der Waals surface area contributed by atoms with E-state index < -0.39 is 0 Å². The van der Waals surface area contributed by atoms with Crippen molar-refractivity contribution in [2.75, 3.05) is 0 Å². The summed E-state index contributed by atoms with van der Waals surface area (Å²) < 4.78 is 1.43. The zero-order valence-corrected chi connectivity index (χ0v) is 11.8. The van der Waals surface area contributed by atoms with Gasteiger partial charge in [-0.05, 0) is 19.4 Å². The van der Waals surface area contributed by atoms with Crippen molar-refractivity contribution >= 4 is 5.65 Å². The molecular weight excluding hydrogens is 264 g/mol. The highest BCUT2D eigenvalue weighted by atomic mass is 16.1. The lowest BCUT2D eigenvalue weighted by atomic mass is 10.1. The highest BCUT2D eigenvalue weighted by Crippen LogP contribution is 2.26. The Balaban J connectivity index is 2.38. The lowest BCUT2D eigenvalue weighted by molar-refractivity contribution is 0.851. The molecule has 5 nitrogen and oxygen atoms in total. The van der Waals surface area contributed by atoms with Gasteiger partial charge < -0.3 is 0 Å². The van der Waals surface area contributed by atoms with E-state index in [-0.39, 0.29) is 12.0 Å². The van der Waals surface area contributed by atoms with Crippen LogP contribution in [0.3, 0.4) is 0 Å². The second kappa shape index (κ2) is 4.91. The number of nitrogens with one attached hydrogen (secondary N) is 1. The van der Waals surface area contributed by atoms with Crippen LogP contribution in [0.25, 0.3) is 16.8 Å². The summed E-state index contributed by atoms with van der Waals surface area (Å²) >= 11 is 0. The van der Waals surface area contributed by atoms with Gasteiger partial charge in [-0.15, -0.1) is 0 Å². The van der Waals surface area contributed by atoms with E-state index in [9.17, 15) is 4.79 Å². The molecule has 0 fully saturated rings. The first-order chi connectivity index (χ1) is 10.1. The van der Waals surface area contributed by atoms with Gasteiger partial charge in [0.2, 0.25) is 0 Å². The Hall–Kier alpha value is -2.87. The standard InChI is InChI=1S/C16H14N4O/c1-10-13(8-9-17)16(21)20-15(18-10)14(11(2)19-20)12-6-4-3-5-7-12/h3-7,19H,8H2,1-2H3. The van der Waals surface area contributed by atoms with Crippen molar-refractivity contribution in [2.45, 2.75) is 20.3 Å². The second-order valence-corrected chi connectivity index (χ2v) is 4.95. The average Bonchev–Trinajstić information content (AvgIpc) is 2.81. The molecule has 3 rings (SSSR count). The van der Waals surface area contributed by atoms with Crippen molar-refractivity contribution in [3.05, 3.63) is 57.6 Å². The number of aromatic amines is 1. The Labute approximate surface area is 121 Å². The maximum atomic E-state index is 12.5. The SMILES string of the molecule is Cc1nc2c(-c3ccccc3)c(C)[nH]n2c(=O)c1CC#N. The number of hydrogen-bond donors (Lipinski definition) is 1. The summed E-state index contributed by atoms with van der Waals surface area (Å²) in [6, 6.07) is 11.8. The molecule has 0 saturated heterocycles. The quantitative estimate of drug-likeness (QED) is 0.782. The number of benzene rings is 1. The zero-order valence-electron chi connectivity index (χ0n) is 11.8. The fraction of sp³-hybridized carbons (Fsp3) is 0.188. The van der Waals surface area contributed by atoms with E-state index in [0.717, 1.165) is 16.8 Å². The average molecular weight is 278 g/mol. The van der Waals surface area contributed by atoms with Crippen molar-refractivity contribution in [3.8, 4) is 17.2 Å². The fourth-order valence-electron chi connectivity index (χ4n) is 2.56. The van der Waals surface area contributed by atoms with Crippen LogP contribution in [0.15, 0.2) is 35.1 Å². The van der Waals surface area contributed by atoms with Crippen LogP contribution < -0.4 is 5.56 Å². The Morgan fingerprint density at radius 3 is 2.67 bits per heavy atom. The molecule has 104 valence electrons. The summed E-state index contributed by atoms with van der Waals surface area (Å²) in [5, 5.41) is 11.9. The number of hydrogen-bond acceptors (Lipinski definition) is 3. The lowest BCUT2D eigenvalue weighted by Crippen LogP contribution is -2.21. The first-order valence-electron chi connectivity index (χ1n) is 6.66. The number of nitrogens with zero attached hydrogens (tertiary/aromatic N) is 3. The van der Waals surface area contributed by atoms with E-state index in [4.69, 9.17) is 5.26 Å². The van der Waals surface area contributed by atoms with E-state index in [2.05, 4.69) is 10.1 Å². The summed E-state index contributed by atoms with van der Waals surface area (Å²) in [6.45, 7) is 3.68. The molecule has 0 amide bonds. The van der Waals surface area contributed by atoms with Crippen LogP contribution in [0, 0.1) is 25.2 Å². The number of aryl methyl sites for hydroxylation is 2. The van der Waals surface area contributed by atoms with Crippen molar-refractivity contribution in [3.63, 3.8) is 0 Å². The molecule has 1 aromatic carbocycles. The molecule has 0 bridgehead atoms. The molecule has 2 heterocycles. The number of rotatable bonds is 2. The minimum atomic E-state index is -0.204. The molecule has 0 aliphatic heterocycles. The summed E-state index contributed by atoms with van der Waals surface area (Å²) in [7, 11) is 0. The molecule has 0 aliphatic rings. The third kappa shape index (κ3) is 2.01. The van der Waals surface area contributed by atoms with Crippen LogP contribution in [0.2, 0.25) is 0 Å². The highest BCUT2D eigenvalue weighted by Gasteiger charge is 2.17. The predicted molar refractivity (Wildman–Crippen MR) is 80.0 cm³/mol. The Morgan fingerprint density at radius 1 is 1.29 bits per heavy atom. The van der Waals surface area contributed by atoms with Gasteiger partial charge in [-0.3, -0.25) is 9.89 Å². The maximum Gasteiger partial charge on any atom is 0.277 e. The molecule has 21 heavy (non-hydrogen) atoms. The molecule has 5 heteroatoms. The largest absolute Gasteiger partial charge is 0.293 e. The molecular formula is C16H14N4O. The van der Waals surface area contributed by atoms with Crippen LogP contribution in [-0.4, -0.2) is 14.6 Å². The van der Waals surface area contributed by atoms with E-state index in [1.807, 2.05) is 43.3 Å². The van der Waals surface area contributed by atoms with E-state index in [1.165, 1.54) is 4.52 Å². The molecule has 1 N–H and O–H groups in total. The van der Waals surface area contributed by atoms with Crippen molar-refractivity contribution in [1.82, 2.24) is 14.6 Å². The number of H-pyrrole nitrogens is 1. The molecule has 0 unspecified atom stereocenters. The molecule has 0 radical (unpaired) electrons. The first kappa shape index (κ1) is 13.1. The Bertz CT molecular complexity index is 913. The zero-order chi connectivity index (χ0) is 15.0. The van der Waals surface area contributed by atoms with Crippen molar-refractivity contribution in [1.29, 1.82) is 5.26 Å². The van der Waals surface area contributed by atoms with Gasteiger partial charge in [-0.25, -0.2) is 9.50 Å². The minimum absolute atomic E-state index is 0.0688. The molecule has 0 saturated carbocycles. The smallest absolute Gasteiger partial charge is 0.277 e. The molecule has 0 aliphatic carbocycles. The molecule has 0 spiro atoms. The van der Waals surface area contributed by atoms with Gasteiger partial charge >= 0.3 is 0 Å². The third-order valence-electron chi connectivity index (χ3n) is 3.58. The summed E-state index contributed by atoms with van der Waals surface area (Å²) in [5.74, 6) is 0. The van der Waals surface area contributed by atoms with E-state index >= 15 is 0 Å². The first-order valence-corrected chi connectivity index (χ1v) is 6.66. The Morgan fingerprint density at radius 2 is 2.00 bits per heavy atom. The fourth-order valence-corrected chi connectivity index (χ4v) is 2.56. The molecule has 3 aromatic rings. The van der Waals surface area contributed by atoms with Crippen LogP contribution in [0.4, 0.5) is 0 Å². The highest BCUT2D eigenvalue weighted by molar-refractivity contribution is 5.79. The van der Waals surface area contributed by atoms with Gasteiger partial charge in [-0.2, -0.15) is 5.26 Å². The summed E-state index contributed by atoms with van der Waals surface area (Å²) in [4.78, 5) is 17.0. The van der Waals surface area contributed by atoms with Gasteiger partial charge in [0.05, 0.1) is 18.1 Å². The number of aromatic nitrogens is 3. The molecule has 2 aromatic heterocycles. The van der Waals surface area contributed by atoms with E-state index in [1.54, 1.807) is 6.92 Å². The Kier molecular flexibility index (Phi) is 3.07. The van der Waals surface area contributed by atoms with Crippen LogP contribution >= 0.6 is 0 Å². The van der Waals surface area contributed by atoms with Gasteiger partial charge in [0, 0.05) is 17.0 Å². The normalized spacial score (nSPS) is 10.7. The summed E-state index contributed by atoms with van der Waals surface area (Å²) in [6.07, 6.45) is 0.0688. The van der Waals surface area contributed by atoms with Crippen LogP contribution in [0.1, 0.15) is 17.0 Å². The van der Waals surface area contributed by atoms with Gasteiger partial charge in [0.1, 0.15) is 0 Å². The van der Waals surface area contributed by atoms with Crippen molar-refractivity contribution in [2.24, 2.45) is 0 Å². The van der Waals surface area contributed by atoms with E-state index in [0.29, 0.717) is 16.9 Å². The third-order valence-corrected chi connectivity index (χ3v) is 3.58. The van der Waals surface area contributed by atoms with Gasteiger partial charge in [0.25, 0.3) is 5.56 Å². The monoisotopic (exact) mass is 278 g/mol. The number of nitriles is 1. The lowest BCUT2D eigenvalue weighted by Gasteiger charge is -2.03. The minimum Gasteiger partial charge on any atom is -0.293 e. The van der Waals surface area contributed by atoms with Gasteiger partial charge in [-0.1, -0.05) is 30.3 Å². The predicted octanol–water partition coefficient (Wildman–Crippen LogP) is 2.37. The van der Waals surface area contributed by atoms with Crippen LogP contribution in [-0.2, 0) is 6.42 Å². The van der Waals surface area contributed by atoms with Crippen molar-refractivity contribution < 1.29 is 0 Å². The maximum absolute atomic E-state index is 12.5. The topological polar surface area (TPSA) is 74.0 Å². The van der Waals surface area contributed by atoms with Crippen LogP contribution in [0.5, 0.6) is 0 Å². The molecule has 0 atom stereocenters. The second-order valence-electron chi connectivity index (χ2n) is 4.95.